The Kier molecular flexibility index (Phi) is 6.60. The number of urea groups is 1. The fourth-order valence-electron chi connectivity index (χ4n) is 2.38. The molecule has 138 valence electrons. The maximum atomic E-state index is 12.3. The Labute approximate surface area is 153 Å². The fourth-order valence-corrected chi connectivity index (χ4v) is 2.38. The Morgan fingerprint density at radius 3 is 2.38 bits per heavy atom. The van der Waals surface area contributed by atoms with Gasteiger partial charge in [-0.1, -0.05) is 18.2 Å². The molecule has 3 amide bonds. The van der Waals surface area contributed by atoms with Crippen LogP contribution in [-0.4, -0.2) is 25.1 Å². The van der Waals surface area contributed by atoms with Crippen molar-refractivity contribution < 1.29 is 14.3 Å². The van der Waals surface area contributed by atoms with Crippen molar-refractivity contribution in [1.82, 2.24) is 10.6 Å². The lowest BCUT2D eigenvalue weighted by Gasteiger charge is -2.11. The van der Waals surface area contributed by atoms with Gasteiger partial charge in [-0.15, -0.1) is 0 Å². The minimum atomic E-state index is -0.241. The van der Waals surface area contributed by atoms with Gasteiger partial charge in [-0.05, 0) is 56.2 Å². The fraction of sp³-hybridized carbons (Fsp3) is 0.300. The average Bonchev–Trinajstić information content (AvgIpc) is 2.60. The van der Waals surface area contributed by atoms with Crippen LogP contribution in [0.2, 0.25) is 0 Å². The molecule has 0 spiro atoms. The number of ether oxygens (including phenoxy) is 1. The van der Waals surface area contributed by atoms with Gasteiger partial charge in [0.15, 0.2) is 0 Å². The molecule has 0 radical (unpaired) electrons. The van der Waals surface area contributed by atoms with Gasteiger partial charge in [-0.2, -0.15) is 0 Å². The van der Waals surface area contributed by atoms with Gasteiger partial charge in [0.25, 0.3) is 5.91 Å². The first-order valence-corrected chi connectivity index (χ1v) is 8.48. The molecule has 0 saturated heterocycles. The van der Waals surface area contributed by atoms with E-state index < -0.39 is 0 Å². The van der Waals surface area contributed by atoms with E-state index in [1.54, 1.807) is 31.4 Å². The maximum Gasteiger partial charge on any atom is 0.319 e. The number of carbonyl (C=O) groups is 2. The number of nitrogens with one attached hydrogen (secondary N) is 3. The van der Waals surface area contributed by atoms with Crippen LogP contribution in [-0.2, 0) is 6.54 Å². The summed E-state index contributed by atoms with van der Waals surface area (Å²) in [6.45, 7) is 6.12. The summed E-state index contributed by atoms with van der Waals surface area (Å²) in [4.78, 5) is 23.9. The van der Waals surface area contributed by atoms with Gasteiger partial charge in [0.1, 0.15) is 5.75 Å². The lowest BCUT2D eigenvalue weighted by molar-refractivity contribution is 0.0950. The van der Waals surface area contributed by atoms with Crippen molar-refractivity contribution in [3.8, 4) is 5.75 Å². The summed E-state index contributed by atoms with van der Waals surface area (Å²) in [6, 6.07) is 12.5. The first-order valence-electron chi connectivity index (χ1n) is 8.48. The molecule has 0 fully saturated rings. The summed E-state index contributed by atoms with van der Waals surface area (Å²) in [5.74, 6) is 0.523. The minimum Gasteiger partial charge on any atom is -0.496 e. The molecule has 0 aromatic heterocycles. The molecule has 2 aromatic rings. The average molecular weight is 355 g/mol. The molecule has 2 aromatic carbocycles. The van der Waals surface area contributed by atoms with Gasteiger partial charge < -0.3 is 20.7 Å². The maximum absolute atomic E-state index is 12.3. The third kappa shape index (κ3) is 5.51. The zero-order valence-corrected chi connectivity index (χ0v) is 15.6. The number of hydrogen-bond acceptors (Lipinski definition) is 3. The predicted octanol–water partition coefficient (Wildman–Crippen LogP) is 3.46. The second-order valence-electron chi connectivity index (χ2n) is 6.32. The molecule has 3 N–H and O–H groups in total. The SMILES string of the molecule is COc1cc(C(=O)NCc2ccc(NC(=O)NC(C)C)cc2)ccc1C. The van der Waals surface area contributed by atoms with Crippen LogP contribution < -0.4 is 20.7 Å². The topological polar surface area (TPSA) is 79.5 Å². The molecule has 0 aliphatic rings. The Hall–Kier alpha value is -3.02. The van der Waals surface area contributed by atoms with E-state index in [4.69, 9.17) is 4.74 Å². The summed E-state index contributed by atoms with van der Waals surface area (Å²) in [6.07, 6.45) is 0. The lowest BCUT2D eigenvalue weighted by Crippen LogP contribution is -2.34. The highest BCUT2D eigenvalue weighted by Crippen LogP contribution is 2.19. The highest BCUT2D eigenvalue weighted by atomic mass is 16.5. The van der Waals surface area contributed by atoms with Crippen molar-refractivity contribution in [1.29, 1.82) is 0 Å². The molecule has 26 heavy (non-hydrogen) atoms. The van der Waals surface area contributed by atoms with Crippen LogP contribution in [0.4, 0.5) is 10.5 Å². The number of hydrogen-bond donors (Lipinski definition) is 3. The molecule has 0 heterocycles. The Bertz CT molecular complexity index is 770. The van der Waals surface area contributed by atoms with Gasteiger partial charge in [0.2, 0.25) is 0 Å². The molecule has 0 bridgehead atoms. The number of anilines is 1. The van der Waals surface area contributed by atoms with Crippen LogP contribution in [0, 0.1) is 6.92 Å². The largest absolute Gasteiger partial charge is 0.496 e. The highest BCUT2D eigenvalue weighted by Gasteiger charge is 2.09. The van der Waals surface area contributed by atoms with Gasteiger partial charge in [-0.25, -0.2) is 4.79 Å². The minimum absolute atomic E-state index is 0.0740. The molecule has 6 heteroatoms. The van der Waals surface area contributed by atoms with Crippen molar-refractivity contribution >= 4 is 17.6 Å². The van der Waals surface area contributed by atoms with Crippen molar-refractivity contribution in [2.45, 2.75) is 33.4 Å². The van der Waals surface area contributed by atoms with E-state index in [0.717, 1.165) is 11.1 Å². The van der Waals surface area contributed by atoms with Crippen molar-refractivity contribution in [2.75, 3.05) is 12.4 Å². The highest BCUT2D eigenvalue weighted by molar-refractivity contribution is 5.94. The summed E-state index contributed by atoms with van der Waals surface area (Å²) in [5.41, 5.74) is 3.17. The molecule has 0 aliphatic heterocycles. The lowest BCUT2D eigenvalue weighted by atomic mass is 10.1. The Morgan fingerprint density at radius 2 is 1.77 bits per heavy atom. The Morgan fingerprint density at radius 1 is 1.08 bits per heavy atom. The van der Waals surface area contributed by atoms with Crippen LogP contribution in [0.5, 0.6) is 5.75 Å². The van der Waals surface area contributed by atoms with E-state index in [1.807, 2.05) is 39.0 Å². The Balaban J connectivity index is 1.91. The predicted molar refractivity (Wildman–Crippen MR) is 103 cm³/mol. The quantitative estimate of drug-likeness (QED) is 0.742. The normalized spacial score (nSPS) is 10.3. The number of amides is 3. The van der Waals surface area contributed by atoms with Gasteiger partial charge in [0, 0.05) is 23.8 Å². The van der Waals surface area contributed by atoms with Crippen molar-refractivity contribution in [2.24, 2.45) is 0 Å². The molecule has 0 saturated carbocycles. The third-order valence-corrected chi connectivity index (χ3v) is 3.75. The summed E-state index contributed by atoms with van der Waals surface area (Å²) >= 11 is 0. The van der Waals surface area contributed by atoms with Gasteiger partial charge in [-0.3, -0.25) is 4.79 Å². The van der Waals surface area contributed by atoms with Gasteiger partial charge >= 0.3 is 6.03 Å². The third-order valence-electron chi connectivity index (χ3n) is 3.75. The van der Waals surface area contributed by atoms with E-state index in [9.17, 15) is 9.59 Å². The van der Waals surface area contributed by atoms with Crippen LogP contribution in [0.25, 0.3) is 0 Å². The van der Waals surface area contributed by atoms with Crippen LogP contribution >= 0.6 is 0 Å². The zero-order chi connectivity index (χ0) is 19.1. The molecule has 2 rings (SSSR count). The monoisotopic (exact) mass is 355 g/mol. The van der Waals surface area contributed by atoms with Crippen molar-refractivity contribution in [3.63, 3.8) is 0 Å². The van der Waals surface area contributed by atoms with Crippen LogP contribution in [0.3, 0.4) is 0 Å². The number of benzene rings is 2. The smallest absolute Gasteiger partial charge is 0.319 e. The van der Waals surface area contributed by atoms with E-state index in [2.05, 4.69) is 16.0 Å². The first-order chi connectivity index (χ1) is 12.4. The van der Waals surface area contributed by atoms with E-state index >= 15 is 0 Å². The zero-order valence-electron chi connectivity index (χ0n) is 15.6. The first kappa shape index (κ1) is 19.3. The number of aryl methyl sites for hydroxylation is 1. The van der Waals surface area contributed by atoms with Crippen LogP contribution in [0.1, 0.15) is 35.3 Å². The van der Waals surface area contributed by atoms with Crippen molar-refractivity contribution in [3.05, 3.63) is 59.2 Å². The summed E-state index contributed by atoms with van der Waals surface area (Å²) in [5, 5.41) is 8.40. The van der Waals surface area contributed by atoms with E-state index in [0.29, 0.717) is 23.5 Å². The second-order valence-corrected chi connectivity index (χ2v) is 6.32. The number of rotatable bonds is 6. The summed E-state index contributed by atoms with van der Waals surface area (Å²) in [7, 11) is 1.58. The molecular formula is C20H25N3O3. The van der Waals surface area contributed by atoms with Gasteiger partial charge in [0.05, 0.1) is 7.11 Å². The molecular weight excluding hydrogens is 330 g/mol. The van der Waals surface area contributed by atoms with E-state index in [-0.39, 0.29) is 18.0 Å². The summed E-state index contributed by atoms with van der Waals surface area (Å²) < 4.78 is 5.25. The second kappa shape index (κ2) is 8.89. The van der Waals surface area contributed by atoms with E-state index in [1.165, 1.54) is 0 Å². The van der Waals surface area contributed by atoms with Crippen LogP contribution in [0.15, 0.2) is 42.5 Å². The molecule has 6 nitrogen and oxygen atoms in total. The number of methoxy groups -OCH3 is 1. The number of carbonyl (C=O) groups excluding carboxylic acids is 2. The standard InChI is InChI=1S/C20H25N3O3/c1-13(2)22-20(25)23-17-9-6-15(7-10-17)12-21-19(24)16-8-5-14(3)18(11-16)26-4/h5-11,13H,12H2,1-4H3,(H,21,24)(H2,22,23,25). The molecule has 0 atom stereocenters. The molecule has 0 unspecified atom stereocenters. The molecule has 0 aliphatic carbocycles.